The predicted molar refractivity (Wildman–Crippen MR) is 275 cm³/mol. The second-order valence-electron chi connectivity index (χ2n) is 18.2. The van der Waals surface area contributed by atoms with Crippen molar-refractivity contribution in [1.29, 1.82) is 0 Å². The van der Waals surface area contributed by atoms with Crippen LogP contribution in [0, 0.1) is 0 Å². The van der Waals surface area contributed by atoms with Crippen LogP contribution in [0.25, 0.3) is 0 Å². The zero-order valence-corrected chi connectivity index (χ0v) is 42.3. The lowest BCUT2D eigenvalue weighted by Gasteiger charge is -2.18. The maximum Gasteiger partial charge on any atom is 0.306 e. The fourth-order valence-corrected chi connectivity index (χ4v) is 7.73. The van der Waals surface area contributed by atoms with E-state index in [1.54, 1.807) is 0 Å². The molecule has 1 unspecified atom stereocenters. The number of carbonyl (C=O) groups excluding carboxylic acids is 3. The van der Waals surface area contributed by atoms with Crippen molar-refractivity contribution in [1.82, 2.24) is 0 Å². The first-order valence-corrected chi connectivity index (χ1v) is 27.3. The zero-order chi connectivity index (χ0) is 46.5. The average molecular weight is 895 g/mol. The summed E-state index contributed by atoms with van der Waals surface area (Å²) in [5.74, 6) is -0.886. The highest BCUT2D eigenvalue weighted by atomic mass is 16.6. The Morgan fingerprint density at radius 3 is 0.984 bits per heavy atom. The molecule has 0 radical (unpaired) electrons. The Labute approximate surface area is 396 Å². The van der Waals surface area contributed by atoms with Gasteiger partial charge in [-0.3, -0.25) is 14.4 Å². The summed E-state index contributed by atoms with van der Waals surface area (Å²) in [7, 11) is 0. The summed E-state index contributed by atoms with van der Waals surface area (Å²) in [4.78, 5) is 38.0. The maximum absolute atomic E-state index is 12.8. The highest BCUT2D eigenvalue weighted by Gasteiger charge is 2.19. The van der Waals surface area contributed by atoms with E-state index in [0.29, 0.717) is 19.3 Å². The van der Waals surface area contributed by atoms with Crippen LogP contribution in [0.3, 0.4) is 0 Å². The van der Waals surface area contributed by atoms with Crippen LogP contribution in [0.2, 0.25) is 0 Å². The molecule has 0 saturated heterocycles. The Bertz CT molecular complexity index is 1170. The minimum absolute atomic E-state index is 0.0780. The molecular weight excluding hydrogens is 793 g/mol. The van der Waals surface area contributed by atoms with Crippen LogP contribution < -0.4 is 0 Å². The van der Waals surface area contributed by atoms with Gasteiger partial charge in [-0.15, -0.1) is 0 Å². The SMILES string of the molecule is CC\C=C/C=C\C=C/CCCCCCCCCC(=O)OC(COC(=O)CCCCCCCCCCCC/C=C\C=C/CCCCC)COC(=O)CCCCCCCCCCCCCC. The van der Waals surface area contributed by atoms with Crippen molar-refractivity contribution in [2.24, 2.45) is 0 Å². The van der Waals surface area contributed by atoms with E-state index in [-0.39, 0.29) is 31.1 Å². The number of rotatable bonds is 49. The molecule has 0 aliphatic rings. The van der Waals surface area contributed by atoms with E-state index >= 15 is 0 Å². The van der Waals surface area contributed by atoms with Gasteiger partial charge in [-0.2, -0.15) is 0 Å². The van der Waals surface area contributed by atoms with Crippen LogP contribution >= 0.6 is 0 Å². The second kappa shape index (κ2) is 52.7. The van der Waals surface area contributed by atoms with Gasteiger partial charge in [-0.1, -0.05) is 248 Å². The highest BCUT2D eigenvalue weighted by Crippen LogP contribution is 2.16. The molecule has 0 bridgehead atoms. The Morgan fingerprint density at radius 2 is 0.609 bits per heavy atom. The van der Waals surface area contributed by atoms with Gasteiger partial charge in [0.2, 0.25) is 0 Å². The molecule has 6 heteroatoms. The summed E-state index contributed by atoms with van der Waals surface area (Å²) < 4.78 is 16.8. The summed E-state index contributed by atoms with van der Waals surface area (Å²) >= 11 is 0. The minimum atomic E-state index is -0.779. The number of unbranched alkanes of at least 4 members (excludes halogenated alkanes) is 31. The van der Waals surface area contributed by atoms with E-state index in [9.17, 15) is 14.4 Å². The average Bonchev–Trinajstić information content (AvgIpc) is 3.29. The zero-order valence-electron chi connectivity index (χ0n) is 42.3. The van der Waals surface area contributed by atoms with Crippen molar-refractivity contribution in [3.63, 3.8) is 0 Å². The number of esters is 3. The monoisotopic (exact) mass is 895 g/mol. The molecule has 0 amide bonds. The molecule has 0 aromatic rings. The summed E-state index contributed by atoms with van der Waals surface area (Å²) in [6.07, 6.45) is 64.9. The van der Waals surface area contributed by atoms with E-state index < -0.39 is 6.10 Å². The lowest BCUT2D eigenvalue weighted by molar-refractivity contribution is -0.167. The molecule has 0 saturated carbocycles. The largest absolute Gasteiger partial charge is 0.462 e. The molecule has 0 aliphatic carbocycles. The Kier molecular flexibility index (Phi) is 50.4. The van der Waals surface area contributed by atoms with E-state index in [0.717, 1.165) is 70.6 Å². The number of hydrogen-bond acceptors (Lipinski definition) is 6. The topological polar surface area (TPSA) is 78.9 Å². The van der Waals surface area contributed by atoms with Crippen LogP contribution in [0.1, 0.15) is 271 Å². The summed E-state index contributed by atoms with van der Waals surface area (Å²) in [5.41, 5.74) is 0. The molecule has 0 aliphatic heterocycles. The third-order valence-electron chi connectivity index (χ3n) is 11.8. The van der Waals surface area contributed by atoms with Gasteiger partial charge in [0.15, 0.2) is 6.10 Å². The first-order chi connectivity index (χ1) is 31.5. The standard InChI is InChI=1S/C58H102O6/c1-4-7-10-13-16-19-22-25-27-28-29-30-32-33-36-39-42-45-48-51-57(60)63-54-55(53-62-56(59)50-47-44-41-38-35-24-21-18-15-12-9-6-3)64-58(61)52-49-46-43-40-37-34-31-26-23-20-17-14-11-8-5-2/h8,11,14,16-17,19-20,22-23,25,55H,4-7,9-10,12-13,15,18,21,24,26-54H2,1-3H3/b11-8-,17-14-,19-16-,23-20-,25-22-. The number of ether oxygens (including phenoxy) is 3. The maximum atomic E-state index is 12.8. The molecule has 0 heterocycles. The van der Waals surface area contributed by atoms with Crippen molar-refractivity contribution in [3.05, 3.63) is 60.8 Å². The van der Waals surface area contributed by atoms with Crippen LogP contribution in [0.4, 0.5) is 0 Å². The summed E-state index contributed by atoms with van der Waals surface area (Å²) in [6.45, 7) is 6.48. The van der Waals surface area contributed by atoms with Gasteiger partial charge in [0.05, 0.1) is 0 Å². The fraction of sp³-hybridized carbons (Fsp3) is 0.776. The van der Waals surface area contributed by atoms with Gasteiger partial charge in [0.1, 0.15) is 13.2 Å². The number of allylic oxidation sites excluding steroid dienone is 10. The molecular formula is C58H102O6. The predicted octanol–water partition coefficient (Wildman–Crippen LogP) is 18.0. The van der Waals surface area contributed by atoms with Gasteiger partial charge < -0.3 is 14.2 Å². The van der Waals surface area contributed by atoms with E-state index in [1.165, 1.54) is 161 Å². The van der Waals surface area contributed by atoms with E-state index in [4.69, 9.17) is 14.2 Å². The van der Waals surface area contributed by atoms with Crippen molar-refractivity contribution in [2.45, 2.75) is 277 Å². The molecule has 0 spiro atoms. The van der Waals surface area contributed by atoms with Gasteiger partial charge in [0.25, 0.3) is 0 Å². The van der Waals surface area contributed by atoms with E-state index in [2.05, 4.69) is 81.5 Å². The van der Waals surface area contributed by atoms with Crippen LogP contribution in [-0.2, 0) is 28.6 Å². The fourth-order valence-electron chi connectivity index (χ4n) is 7.73. The number of hydrogen-bond donors (Lipinski definition) is 0. The van der Waals surface area contributed by atoms with Crippen LogP contribution in [0.5, 0.6) is 0 Å². The Morgan fingerprint density at radius 1 is 0.328 bits per heavy atom. The Balaban J connectivity index is 4.35. The van der Waals surface area contributed by atoms with Gasteiger partial charge in [-0.05, 0) is 64.2 Å². The van der Waals surface area contributed by atoms with Gasteiger partial charge in [0, 0.05) is 19.3 Å². The van der Waals surface area contributed by atoms with Crippen molar-refractivity contribution in [2.75, 3.05) is 13.2 Å². The summed E-state index contributed by atoms with van der Waals surface area (Å²) in [5, 5.41) is 0. The second-order valence-corrected chi connectivity index (χ2v) is 18.2. The van der Waals surface area contributed by atoms with Gasteiger partial charge >= 0.3 is 17.9 Å². The quantitative estimate of drug-likeness (QED) is 0.0262. The van der Waals surface area contributed by atoms with Crippen molar-refractivity contribution < 1.29 is 28.6 Å². The third-order valence-corrected chi connectivity index (χ3v) is 11.8. The smallest absolute Gasteiger partial charge is 0.306 e. The summed E-state index contributed by atoms with van der Waals surface area (Å²) in [6, 6.07) is 0. The molecule has 64 heavy (non-hydrogen) atoms. The van der Waals surface area contributed by atoms with E-state index in [1.807, 2.05) is 0 Å². The minimum Gasteiger partial charge on any atom is -0.462 e. The molecule has 0 aromatic heterocycles. The van der Waals surface area contributed by atoms with Crippen LogP contribution in [0.15, 0.2) is 60.8 Å². The third kappa shape index (κ3) is 50.1. The highest BCUT2D eigenvalue weighted by molar-refractivity contribution is 5.71. The molecule has 0 rings (SSSR count). The molecule has 0 fully saturated rings. The van der Waals surface area contributed by atoms with Crippen LogP contribution in [-0.4, -0.2) is 37.2 Å². The molecule has 0 N–H and O–H groups in total. The first-order valence-electron chi connectivity index (χ1n) is 27.3. The molecule has 1 atom stereocenters. The van der Waals surface area contributed by atoms with Crippen molar-refractivity contribution in [3.8, 4) is 0 Å². The normalized spacial score (nSPS) is 12.5. The molecule has 6 nitrogen and oxygen atoms in total. The lowest BCUT2D eigenvalue weighted by atomic mass is 10.0. The van der Waals surface area contributed by atoms with Gasteiger partial charge in [-0.25, -0.2) is 0 Å². The number of carbonyl (C=O) groups is 3. The first kappa shape index (κ1) is 61.1. The van der Waals surface area contributed by atoms with Crippen molar-refractivity contribution >= 4 is 17.9 Å². The Hall–Kier alpha value is -2.89. The molecule has 370 valence electrons. The molecule has 0 aromatic carbocycles. The lowest BCUT2D eigenvalue weighted by Crippen LogP contribution is -2.30.